The molecule has 0 saturated heterocycles. The van der Waals surface area contributed by atoms with E-state index in [2.05, 4.69) is 15.3 Å². The fraction of sp³-hybridized carbons (Fsp3) is 0.333. The molecule has 0 aliphatic heterocycles. The topological polar surface area (TPSA) is 37.8 Å². The van der Waals surface area contributed by atoms with Gasteiger partial charge >= 0.3 is 6.18 Å². The van der Waals surface area contributed by atoms with Crippen molar-refractivity contribution in [3.8, 4) is 0 Å². The van der Waals surface area contributed by atoms with Crippen LogP contribution in [-0.4, -0.2) is 22.7 Å². The number of fused-ring (bicyclic) bond motifs is 1. The lowest BCUT2D eigenvalue weighted by atomic mass is 10.3. The van der Waals surface area contributed by atoms with Crippen LogP contribution in [0.5, 0.6) is 0 Å². The average Bonchev–Trinajstić information content (AvgIpc) is 2.33. The smallest absolute Gasteiger partial charge is 0.311 e. The Labute approximate surface area is 102 Å². The van der Waals surface area contributed by atoms with Crippen LogP contribution in [0.15, 0.2) is 30.5 Å². The molecular weight excluding hydrogens is 243 g/mol. The van der Waals surface area contributed by atoms with E-state index in [9.17, 15) is 13.2 Å². The summed E-state index contributed by atoms with van der Waals surface area (Å²) in [5.74, 6) is 0. The number of rotatable bonds is 4. The van der Waals surface area contributed by atoms with Crippen molar-refractivity contribution < 1.29 is 13.2 Å². The number of aromatic nitrogens is 2. The van der Waals surface area contributed by atoms with Gasteiger partial charge in [-0.3, -0.25) is 4.98 Å². The molecule has 1 aromatic carbocycles. The number of halogens is 3. The molecular formula is C12H12F3N3. The number of para-hydroxylation sites is 2. The van der Waals surface area contributed by atoms with E-state index in [4.69, 9.17) is 0 Å². The molecule has 2 rings (SSSR count). The first-order valence-electron chi connectivity index (χ1n) is 5.53. The van der Waals surface area contributed by atoms with E-state index >= 15 is 0 Å². The first kappa shape index (κ1) is 12.8. The summed E-state index contributed by atoms with van der Waals surface area (Å²) in [7, 11) is 0. The number of nitrogens with one attached hydrogen (secondary N) is 1. The van der Waals surface area contributed by atoms with Gasteiger partial charge in [-0.05, 0) is 12.1 Å². The molecule has 0 radical (unpaired) electrons. The quantitative estimate of drug-likeness (QED) is 0.853. The van der Waals surface area contributed by atoms with Crippen LogP contribution in [0, 0.1) is 0 Å². The molecule has 1 aromatic heterocycles. The molecule has 0 bridgehead atoms. The maximum atomic E-state index is 11.9. The molecule has 0 aliphatic carbocycles. The Morgan fingerprint density at radius 1 is 1.11 bits per heavy atom. The van der Waals surface area contributed by atoms with Gasteiger partial charge in [0.1, 0.15) is 0 Å². The molecule has 0 unspecified atom stereocenters. The molecule has 0 saturated carbocycles. The van der Waals surface area contributed by atoms with Gasteiger partial charge in [-0.2, -0.15) is 13.2 Å². The van der Waals surface area contributed by atoms with Crippen molar-refractivity contribution in [3.63, 3.8) is 0 Å². The highest BCUT2D eigenvalue weighted by Gasteiger charge is 2.25. The van der Waals surface area contributed by atoms with Crippen LogP contribution < -0.4 is 5.32 Å². The fourth-order valence-electron chi connectivity index (χ4n) is 1.53. The average molecular weight is 255 g/mol. The highest BCUT2D eigenvalue weighted by atomic mass is 19.4. The summed E-state index contributed by atoms with van der Waals surface area (Å²) in [6.45, 7) is 0.173. The number of hydrogen-bond donors (Lipinski definition) is 1. The lowest BCUT2D eigenvalue weighted by Crippen LogP contribution is -2.21. The Morgan fingerprint density at radius 2 is 1.83 bits per heavy atom. The van der Waals surface area contributed by atoms with Gasteiger partial charge in [-0.1, -0.05) is 12.1 Å². The van der Waals surface area contributed by atoms with Gasteiger partial charge in [0.15, 0.2) is 0 Å². The Hall–Kier alpha value is -1.69. The van der Waals surface area contributed by atoms with Gasteiger partial charge < -0.3 is 5.32 Å². The van der Waals surface area contributed by atoms with Crippen molar-refractivity contribution in [1.29, 1.82) is 0 Å². The van der Waals surface area contributed by atoms with Crippen LogP contribution in [0.4, 0.5) is 13.2 Å². The minimum Gasteiger partial charge on any atom is -0.311 e. The van der Waals surface area contributed by atoms with Crippen molar-refractivity contribution in [2.24, 2.45) is 0 Å². The molecule has 1 N–H and O–H groups in total. The summed E-state index contributed by atoms with van der Waals surface area (Å²) in [6.07, 6.45) is -3.39. The zero-order chi connectivity index (χ0) is 13.0. The molecule has 96 valence electrons. The summed E-state index contributed by atoms with van der Waals surface area (Å²) in [5, 5.41) is 2.70. The first-order chi connectivity index (χ1) is 8.54. The molecule has 3 nitrogen and oxygen atoms in total. The monoisotopic (exact) mass is 255 g/mol. The van der Waals surface area contributed by atoms with E-state index < -0.39 is 12.6 Å². The molecule has 0 spiro atoms. The molecule has 18 heavy (non-hydrogen) atoms. The Morgan fingerprint density at radius 3 is 2.56 bits per heavy atom. The van der Waals surface area contributed by atoms with Gasteiger partial charge in [0.25, 0.3) is 0 Å². The summed E-state index contributed by atoms with van der Waals surface area (Å²) in [4.78, 5) is 8.49. The standard InChI is InChI=1S/C12H12F3N3/c13-12(14,15)5-6-16-7-9-8-17-10-3-1-2-4-11(10)18-9/h1-4,8,16H,5-7H2. The van der Waals surface area contributed by atoms with Crippen LogP contribution >= 0.6 is 0 Å². The van der Waals surface area contributed by atoms with Gasteiger partial charge in [0, 0.05) is 13.1 Å². The molecule has 0 aliphatic rings. The van der Waals surface area contributed by atoms with E-state index in [1.165, 1.54) is 0 Å². The number of benzene rings is 1. The van der Waals surface area contributed by atoms with Crippen LogP contribution in [0.1, 0.15) is 12.1 Å². The summed E-state index contributed by atoms with van der Waals surface area (Å²) < 4.78 is 35.8. The van der Waals surface area contributed by atoms with Crippen LogP contribution in [-0.2, 0) is 6.54 Å². The predicted molar refractivity (Wildman–Crippen MR) is 61.9 cm³/mol. The second-order valence-corrected chi connectivity index (χ2v) is 3.89. The second kappa shape index (κ2) is 5.30. The third-order valence-corrected chi connectivity index (χ3v) is 2.39. The van der Waals surface area contributed by atoms with Crippen molar-refractivity contribution in [2.75, 3.05) is 6.54 Å². The van der Waals surface area contributed by atoms with Crippen molar-refractivity contribution >= 4 is 11.0 Å². The third-order valence-electron chi connectivity index (χ3n) is 2.39. The number of alkyl halides is 3. The lowest BCUT2D eigenvalue weighted by molar-refractivity contribution is -0.133. The number of nitrogens with zero attached hydrogens (tertiary/aromatic N) is 2. The van der Waals surface area contributed by atoms with Gasteiger partial charge in [0.2, 0.25) is 0 Å². The summed E-state index contributed by atoms with van der Waals surface area (Å²) in [5.41, 5.74) is 2.15. The van der Waals surface area contributed by atoms with E-state index in [0.717, 1.165) is 11.0 Å². The van der Waals surface area contributed by atoms with Crippen LogP contribution in [0.3, 0.4) is 0 Å². The third kappa shape index (κ3) is 3.66. The SMILES string of the molecule is FC(F)(F)CCNCc1cnc2ccccc2n1. The van der Waals surface area contributed by atoms with E-state index in [1.807, 2.05) is 24.3 Å². The minimum atomic E-state index is -4.12. The van der Waals surface area contributed by atoms with Gasteiger partial charge in [-0.25, -0.2) is 4.98 Å². The highest BCUT2D eigenvalue weighted by molar-refractivity contribution is 5.73. The molecule has 2 aromatic rings. The molecule has 0 fully saturated rings. The van der Waals surface area contributed by atoms with Crippen molar-refractivity contribution in [3.05, 3.63) is 36.2 Å². The number of hydrogen-bond acceptors (Lipinski definition) is 3. The highest BCUT2D eigenvalue weighted by Crippen LogP contribution is 2.18. The van der Waals surface area contributed by atoms with Crippen molar-refractivity contribution in [1.82, 2.24) is 15.3 Å². The largest absolute Gasteiger partial charge is 0.390 e. The molecule has 0 atom stereocenters. The fourth-order valence-corrected chi connectivity index (χ4v) is 1.53. The zero-order valence-corrected chi connectivity index (χ0v) is 9.54. The van der Waals surface area contributed by atoms with E-state index in [0.29, 0.717) is 5.69 Å². The molecule has 0 amide bonds. The van der Waals surface area contributed by atoms with E-state index in [1.54, 1.807) is 6.20 Å². The summed E-state index contributed by atoms with van der Waals surface area (Å²) >= 11 is 0. The van der Waals surface area contributed by atoms with Gasteiger partial charge in [-0.15, -0.1) is 0 Å². The summed E-state index contributed by atoms with van der Waals surface area (Å²) in [6, 6.07) is 7.36. The Balaban J connectivity index is 1.92. The normalized spacial score (nSPS) is 11.9. The van der Waals surface area contributed by atoms with Gasteiger partial charge in [0.05, 0.1) is 29.3 Å². The van der Waals surface area contributed by atoms with Crippen LogP contribution in [0.25, 0.3) is 11.0 Å². The lowest BCUT2D eigenvalue weighted by Gasteiger charge is -2.07. The molecule has 1 heterocycles. The maximum absolute atomic E-state index is 11.9. The first-order valence-corrected chi connectivity index (χ1v) is 5.53. The zero-order valence-electron chi connectivity index (χ0n) is 9.54. The Kier molecular flexibility index (Phi) is 3.76. The maximum Gasteiger partial charge on any atom is 0.390 e. The Bertz CT molecular complexity index is 525. The van der Waals surface area contributed by atoms with E-state index in [-0.39, 0.29) is 13.1 Å². The van der Waals surface area contributed by atoms with Crippen LogP contribution in [0.2, 0.25) is 0 Å². The predicted octanol–water partition coefficient (Wildman–Crippen LogP) is 2.67. The van der Waals surface area contributed by atoms with Crippen molar-refractivity contribution in [2.45, 2.75) is 19.1 Å². The minimum absolute atomic E-state index is 0.113. The second-order valence-electron chi connectivity index (χ2n) is 3.89. The molecule has 6 heteroatoms.